The lowest BCUT2D eigenvalue weighted by molar-refractivity contribution is -0.142. The van der Waals surface area contributed by atoms with E-state index in [2.05, 4.69) is 10.3 Å². The summed E-state index contributed by atoms with van der Waals surface area (Å²) in [6.45, 7) is 1.72. The Morgan fingerprint density at radius 1 is 1.36 bits per heavy atom. The highest BCUT2D eigenvalue weighted by molar-refractivity contribution is 5.95. The molecule has 2 N–H and O–H groups in total. The summed E-state index contributed by atoms with van der Waals surface area (Å²) in [6, 6.07) is 6.95. The number of nitrogens with one attached hydrogen (secondary N) is 1. The Morgan fingerprint density at radius 2 is 2.18 bits per heavy atom. The first kappa shape index (κ1) is 15.7. The van der Waals surface area contributed by atoms with E-state index >= 15 is 0 Å². The van der Waals surface area contributed by atoms with E-state index in [1.165, 1.54) is 0 Å². The van der Waals surface area contributed by atoms with Crippen molar-refractivity contribution in [3.8, 4) is 11.5 Å². The van der Waals surface area contributed by atoms with E-state index in [1.54, 1.807) is 37.5 Å². The number of aliphatic carboxylic acids is 1. The number of aryl methyl sites for hydroxylation is 1. The molecular weight excluding hydrogens is 288 g/mol. The minimum Gasteiger partial charge on any atom is -0.480 e. The van der Waals surface area contributed by atoms with Crippen LogP contribution in [0.4, 0.5) is 0 Å². The fraction of sp³-hybridized carbons (Fsp3) is 0.267. The molecule has 0 aliphatic heterocycles. The molecule has 2 rings (SSSR count). The molecule has 0 saturated heterocycles. The van der Waals surface area contributed by atoms with Gasteiger partial charge in [0.2, 0.25) is 0 Å². The van der Waals surface area contributed by atoms with Crippen LogP contribution in [0.2, 0.25) is 0 Å². The van der Waals surface area contributed by atoms with Crippen LogP contribution in [0.25, 0.3) is 11.5 Å². The van der Waals surface area contributed by atoms with Gasteiger partial charge in [0.05, 0.1) is 24.1 Å². The molecule has 0 unspecified atom stereocenters. The molecule has 0 aliphatic rings. The van der Waals surface area contributed by atoms with Crippen LogP contribution in [-0.4, -0.2) is 41.7 Å². The number of carboxylic acids is 1. The summed E-state index contributed by atoms with van der Waals surface area (Å²) in [4.78, 5) is 26.6. The molecule has 0 radical (unpaired) electrons. The maximum atomic E-state index is 12.0. The molecule has 0 spiro atoms. The summed E-state index contributed by atoms with van der Waals surface area (Å²) in [5.41, 5.74) is 1.69. The van der Waals surface area contributed by atoms with Crippen LogP contribution in [-0.2, 0) is 9.53 Å². The first-order valence-corrected chi connectivity index (χ1v) is 6.67. The minimum atomic E-state index is -1.04. The molecule has 116 valence electrons. The SMILES string of the molecule is Cc1nc(-c2ccco2)ccc1C(=O)NCCOCC(=O)O. The van der Waals surface area contributed by atoms with Crippen LogP contribution in [0.3, 0.4) is 0 Å². The summed E-state index contributed by atoms with van der Waals surface area (Å²) >= 11 is 0. The molecule has 0 aromatic carbocycles. The van der Waals surface area contributed by atoms with Gasteiger partial charge >= 0.3 is 5.97 Å². The van der Waals surface area contributed by atoms with Crippen molar-refractivity contribution in [1.29, 1.82) is 0 Å². The number of carboxylic acid groups (broad SMARTS) is 1. The van der Waals surface area contributed by atoms with Crippen molar-refractivity contribution >= 4 is 11.9 Å². The normalized spacial score (nSPS) is 10.4. The molecule has 2 aromatic heterocycles. The Bertz CT molecular complexity index is 652. The molecule has 0 fully saturated rings. The van der Waals surface area contributed by atoms with Gasteiger partial charge in [-0.1, -0.05) is 0 Å². The molecule has 22 heavy (non-hydrogen) atoms. The lowest BCUT2D eigenvalue weighted by atomic mass is 10.1. The van der Waals surface area contributed by atoms with Gasteiger partial charge in [0, 0.05) is 6.54 Å². The van der Waals surface area contributed by atoms with Crippen LogP contribution in [0.1, 0.15) is 16.1 Å². The monoisotopic (exact) mass is 304 g/mol. The lowest BCUT2D eigenvalue weighted by Crippen LogP contribution is -2.28. The topological polar surface area (TPSA) is 102 Å². The van der Waals surface area contributed by atoms with Gasteiger partial charge in [-0.25, -0.2) is 9.78 Å². The number of amides is 1. The molecule has 0 aliphatic carbocycles. The number of carbonyl (C=O) groups is 2. The zero-order valence-corrected chi connectivity index (χ0v) is 12.0. The Kier molecular flexibility index (Phi) is 5.26. The molecule has 0 bridgehead atoms. The molecule has 0 saturated carbocycles. The smallest absolute Gasteiger partial charge is 0.329 e. The van der Waals surface area contributed by atoms with E-state index in [0.29, 0.717) is 22.7 Å². The van der Waals surface area contributed by atoms with Crippen LogP contribution < -0.4 is 5.32 Å². The Balaban J connectivity index is 1.91. The average Bonchev–Trinajstić information content (AvgIpc) is 3.00. The van der Waals surface area contributed by atoms with Gasteiger partial charge in [-0.3, -0.25) is 4.79 Å². The van der Waals surface area contributed by atoms with Gasteiger partial charge in [0.15, 0.2) is 5.76 Å². The summed E-state index contributed by atoms with van der Waals surface area (Å²) < 4.78 is 10.1. The van der Waals surface area contributed by atoms with E-state index in [1.807, 2.05) is 0 Å². The predicted molar refractivity (Wildman–Crippen MR) is 77.5 cm³/mol. The largest absolute Gasteiger partial charge is 0.480 e. The lowest BCUT2D eigenvalue weighted by Gasteiger charge is -2.08. The number of aromatic nitrogens is 1. The number of nitrogens with zero attached hydrogens (tertiary/aromatic N) is 1. The maximum Gasteiger partial charge on any atom is 0.329 e. The molecule has 7 nitrogen and oxygen atoms in total. The third kappa shape index (κ3) is 4.16. The van der Waals surface area contributed by atoms with E-state index in [0.717, 1.165) is 0 Å². The minimum absolute atomic E-state index is 0.134. The highest BCUT2D eigenvalue weighted by atomic mass is 16.5. The quantitative estimate of drug-likeness (QED) is 0.751. The van der Waals surface area contributed by atoms with Gasteiger partial charge < -0.3 is 19.6 Å². The highest BCUT2D eigenvalue weighted by Crippen LogP contribution is 2.19. The molecule has 2 heterocycles. The summed E-state index contributed by atoms with van der Waals surface area (Å²) in [7, 11) is 0. The number of hydrogen-bond acceptors (Lipinski definition) is 5. The number of pyridine rings is 1. The standard InChI is InChI=1S/C15H16N2O5/c1-10-11(15(20)16-6-8-21-9-14(18)19)4-5-12(17-10)13-3-2-7-22-13/h2-5,7H,6,8-9H2,1H3,(H,16,20)(H,18,19). The first-order chi connectivity index (χ1) is 10.6. The Labute approximate surface area is 126 Å². The molecule has 2 aromatic rings. The second-order valence-electron chi connectivity index (χ2n) is 4.51. The fourth-order valence-corrected chi connectivity index (χ4v) is 1.85. The Hall–Kier alpha value is -2.67. The summed E-state index contributed by atoms with van der Waals surface area (Å²) in [5, 5.41) is 11.1. The third-order valence-electron chi connectivity index (χ3n) is 2.86. The van der Waals surface area contributed by atoms with Crippen molar-refractivity contribution in [1.82, 2.24) is 10.3 Å². The molecule has 1 amide bonds. The Morgan fingerprint density at radius 3 is 2.82 bits per heavy atom. The average molecular weight is 304 g/mol. The summed E-state index contributed by atoms with van der Waals surface area (Å²) in [6.07, 6.45) is 1.56. The van der Waals surface area contributed by atoms with E-state index in [-0.39, 0.29) is 25.7 Å². The first-order valence-electron chi connectivity index (χ1n) is 6.67. The fourth-order valence-electron chi connectivity index (χ4n) is 1.85. The van der Waals surface area contributed by atoms with Crippen LogP contribution in [0, 0.1) is 6.92 Å². The number of carbonyl (C=O) groups excluding carboxylic acids is 1. The van der Waals surface area contributed by atoms with Gasteiger partial charge in [0.25, 0.3) is 5.91 Å². The van der Waals surface area contributed by atoms with E-state index in [9.17, 15) is 9.59 Å². The van der Waals surface area contributed by atoms with Gasteiger partial charge in [-0.2, -0.15) is 0 Å². The number of ether oxygens (including phenoxy) is 1. The molecular formula is C15H16N2O5. The van der Waals surface area contributed by atoms with E-state index in [4.69, 9.17) is 14.3 Å². The zero-order valence-electron chi connectivity index (χ0n) is 12.0. The van der Waals surface area contributed by atoms with Crippen LogP contribution in [0.15, 0.2) is 34.9 Å². The van der Waals surface area contributed by atoms with Crippen molar-refractivity contribution in [2.24, 2.45) is 0 Å². The van der Waals surface area contributed by atoms with Crippen molar-refractivity contribution < 1.29 is 23.8 Å². The van der Waals surface area contributed by atoms with Gasteiger partial charge in [-0.15, -0.1) is 0 Å². The predicted octanol–water partition coefficient (Wildman–Crippen LogP) is 1.48. The van der Waals surface area contributed by atoms with Crippen molar-refractivity contribution in [3.05, 3.63) is 41.8 Å². The van der Waals surface area contributed by atoms with Crippen LogP contribution >= 0.6 is 0 Å². The highest BCUT2D eigenvalue weighted by Gasteiger charge is 2.12. The number of furan rings is 1. The molecule has 7 heteroatoms. The van der Waals surface area contributed by atoms with Crippen molar-refractivity contribution in [2.45, 2.75) is 6.92 Å². The van der Waals surface area contributed by atoms with Crippen molar-refractivity contribution in [3.63, 3.8) is 0 Å². The second-order valence-corrected chi connectivity index (χ2v) is 4.51. The third-order valence-corrected chi connectivity index (χ3v) is 2.86. The van der Waals surface area contributed by atoms with Gasteiger partial charge in [-0.05, 0) is 31.2 Å². The summed E-state index contributed by atoms with van der Waals surface area (Å²) in [5.74, 6) is -0.688. The van der Waals surface area contributed by atoms with Crippen LogP contribution in [0.5, 0.6) is 0 Å². The number of rotatable bonds is 7. The number of hydrogen-bond donors (Lipinski definition) is 2. The maximum absolute atomic E-state index is 12.0. The van der Waals surface area contributed by atoms with Crippen molar-refractivity contribution in [2.75, 3.05) is 19.8 Å². The zero-order chi connectivity index (χ0) is 15.9. The van der Waals surface area contributed by atoms with Gasteiger partial charge in [0.1, 0.15) is 12.3 Å². The molecule has 0 atom stereocenters. The van der Waals surface area contributed by atoms with E-state index < -0.39 is 5.97 Å². The second kappa shape index (κ2) is 7.37.